The minimum Gasteiger partial charge on any atom is -0.477 e. The van der Waals surface area contributed by atoms with Crippen LogP contribution in [0.4, 0.5) is 10.2 Å². The number of fused-ring (bicyclic) bond motifs is 1. The van der Waals surface area contributed by atoms with Gasteiger partial charge >= 0.3 is 5.97 Å². The molecule has 3 heterocycles. The van der Waals surface area contributed by atoms with Crippen molar-refractivity contribution < 1.29 is 19.1 Å². The summed E-state index contributed by atoms with van der Waals surface area (Å²) >= 11 is 0. The summed E-state index contributed by atoms with van der Waals surface area (Å²) in [5, 5.41) is 12.2. The first-order valence-corrected chi connectivity index (χ1v) is 10.4. The van der Waals surface area contributed by atoms with Crippen LogP contribution in [0.5, 0.6) is 0 Å². The monoisotopic (exact) mass is 431 g/mol. The molecule has 0 aromatic carbocycles. The zero-order chi connectivity index (χ0) is 22.5. The number of halogens is 1. The Morgan fingerprint density at radius 2 is 2.16 bits per heavy atom. The van der Waals surface area contributed by atoms with E-state index in [4.69, 9.17) is 5.73 Å². The van der Waals surface area contributed by atoms with E-state index >= 15 is 4.39 Å². The number of anilines is 1. The molecule has 0 spiro atoms. The molecule has 9 nitrogen and oxygen atoms in total. The van der Waals surface area contributed by atoms with Gasteiger partial charge in [-0.1, -0.05) is 6.92 Å². The van der Waals surface area contributed by atoms with Gasteiger partial charge in [0.15, 0.2) is 11.6 Å². The molecule has 1 aliphatic heterocycles. The van der Waals surface area contributed by atoms with E-state index in [1.807, 2.05) is 6.92 Å². The molecule has 31 heavy (non-hydrogen) atoms. The number of nitrogens with one attached hydrogen (secondary N) is 1. The van der Waals surface area contributed by atoms with Crippen LogP contribution in [-0.2, 0) is 4.79 Å². The first-order valence-electron chi connectivity index (χ1n) is 10.4. The fraction of sp³-hybridized carbons (Fsp3) is 0.524. The van der Waals surface area contributed by atoms with Gasteiger partial charge in [0.2, 0.25) is 11.3 Å². The number of rotatable bonds is 6. The minimum atomic E-state index is -1.34. The van der Waals surface area contributed by atoms with Crippen molar-refractivity contribution in [2.24, 2.45) is 11.1 Å². The van der Waals surface area contributed by atoms with Gasteiger partial charge in [-0.2, -0.15) is 0 Å². The number of hydrogen-bond acceptors (Lipinski definition) is 6. The molecule has 0 unspecified atom stereocenters. The van der Waals surface area contributed by atoms with Gasteiger partial charge in [-0.3, -0.25) is 9.59 Å². The highest BCUT2D eigenvalue weighted by molar-refractivity contribution is 5.92. The van der Waals surface area contributed by atoms with Gasteiger partial charge in [0.1, 0.15) is 11.2 Å². The van der Waals surface area contributed by atoms with Crippen LogP contribution in [0.1, 0.15) is 49.5 Å². The number of pyridine rings is 2. The number of carbonyl (C=O) groups excluding carboxylic acids is 1. The number of amides is 1. The molecular formula is C21H26FN5O4. The molecule has 0 bridgehead atoms. The van der Waals surface area contributed by atoms with Gasteiger partial charge in [-0.05, 0) is 32.3 Å². The van der Waals surface area contributed by atoms with E-state index in [9.17, 15) is 19.5 Å². The fourth-order valence-electron chi connectivity index (χ4n) is 4.05. The van der Waals surface area contributed by atoms with Crippen molar-refractivity contribution in [1.82, 2.24) is 14.9 Å². The lowest BCUT2D eigenvalue weighted by molar-refractivity contribution is -0.122. The van der Waals surface area contributed by atoms with Crippen molar-refractivity contribution in [3.8, 4) is 0 Å². The van der Waals surface area contributed by atoms with Gasteiger partial charge in [0, 0.05) is 37.3 Å². The SMILES string of the molecule is C[C@H](N)C(=O)NC[C@@]1(C)CCN(c2nc3c(cc2F)c(=O)c(C(=O)O)cn3C2CC2)C1. The number of carboxylic acid groups (broad SMARTS) is 1. The van der Waals surface area contributed by atoms with Gasteiger partial charge in [0.05, 0.1) is 11.4 Å². The maximum Gasteiger partial charge on any atom is 0.341 e. The zero-order valence-electron chi connectivity index (χ0n) is 17.5. The average molecular weight is 431 g/mol. The number of hydrogen-bond donors (Lipinski definition) is 3. The maximum absolute atomic E-state index is 15.0. The van der Waals surface area contributed by atoms with Crippen molar-refractivity contribution in [1.29, 1.82) is 0 Å². The molecule has 2 atom stereocenters. The highest BCUT2D eigenvalue weighted by Gasteiger charge is 2.36. The molecule has 1 amide bonds. The van der Waals surface area contributed by atoms with Crippen LogP contribution in [0.3, 0.4) is 0 Å². The van der Waals surface area contributed by atoms with Crippen molar-refractivity contribution in [3.63, 3.8) is 0 Å². The summed E-state index contributed by atoms with van der Waals surface area (Å²) < 4.78 is 16.7. The third-order valence-electron chi connectivity index (χ3n) is 6.07. The van der Waals surface area contributed by atoms with E-state index in [1.54, 1.807) is 16.4 Å². The topological polar surface area (TPSA) is 131 Å². The first-order chi connectivity index (χ1) is 14.6. The quantitative estimate of drug-likeness (QED) is 0.627. The zero-order valence-corrected chi connectivity index (χ0v) is 17.5. The Balaban J connectivity index is 1.68. The Morgan fingerprint density at radius 3 is 2.77 bits per heavy atom. The summed E-state index contributed by atoms with van der Waals surface area (Å²) in [4.78, 5) is 42.2. The summed E-state index contributed by atoms with van der Waals surface area (Å²) in [7, 11) is 0. The van der Waals surface area contributed by atoms with Gasteiger partial charge in [-0.15, -0.1) is 0 Å². The number of carbonyl (C=O) groups is 2. The molecule has 0 radical (unpaired) electrons. The lowest BCUT2D eigenvalue weighted by Crippen LogP contribution is -2.44. The Kier molecular flexibility index (Phi) is 5.20. The first kappa shape index (κ1) is 21.2. The van der Waals surface area contributed by atoms with Crippen molar-refractivity contribution >= 4 is 28.7 Å². The summed E-state index contributed by atoms with van der Waals surface area (Å²) in [5.74, 6) is -2.11. The molecule has 2 aromatic heterocycles. The molecule has 1 saturated carbocycles. The van der Waals surface area contributed by atoms with E-state index < -0.39 is 23.3 Å². The van der Waals surface area contributed by atoms with E-state index in [-0.39, 0.29) is 34.1 Å². The number of nitrogens with two attached hydrogens (primary N) is 1. The number of nitrogens with zero attached hydrogens (tertiary/aromatic N) is 3. The molecule has 2 fully saturated rings. The molecule has 1 aliphatic carbocycles. The van der Waals surface area contributed by atoms with Crippen LogP contribution < -0.4 is 21.4 Å². The number of aromatic nitrogens is 2. The summed E-state index contributed by atoms with van der Waals surface area (Å²) in [6.45, 7) is 5.05. The Labute approximate surface area is 178 Å². The molecule has 2 aromatic rings. The average Bonchev–Trinajstić information content (AvgIpc) is 3.48. The number of carboxylic acids is 1. The van der Waals surface area contributed by atoms with Crippen molar-refractivity contribution in [2.45, 2.75) is 45.2 Å². The Bertz CT molecular complexity index is 1130. The van der Waals surface area contributed by atoms with Gasteiger partial charge in [0.25, 0.3) is 0 Å². The smallest absolute Gasteiger partial charge is 0.341 e. The largest absolute Gasteiger partial charge is 0.477 e. The highest BCUT2D eigenvalue weighted by atomic mass is 19.1. The summed E-state index contributed by atoms with van der Waals surface area (Å²) in [5.41, 5.74) is 4.49. The third-order valence-corrected chi connectivity index (χ3v) is 6.07. The van der Waals surface area contributed by atoms with Crippen molar-refractivity contribution in [2.75, 3.05) is 24.5 Å². The standard InChI is InChI=1S/C21H26FN5O4/c1-11(23)19(29)24-9-21(2)5-6-26(10-21)18-15(22)7-13-16(28)14(20(30)31)8-27(12-3-4-12)17(13)25-18/h7-8,11-12H,3-6,9-10,23H2,1-2H3,(H,24,29)(H,30,31)/t11-,21+/m0/s1. The van der Waals surface area contributed by atoms with Gasteiger partial charge in [-0.25, -0.2) is 14.2 Å². The lowest BCUT2D eigenvalue weighted by atomic mass is 9.90. The highest BCUT2D eigenvalue weighted by Crippen LogP contribution is 2.38. The second-order valence-corrected chi connectivity index (χ2v) is 8.97. The number of aromatic carboxylic acids is 1. The minimum absolute atomic E-state index is 0.0285. The molecule has 4 rings (SSSR count). The normalized spacial score (nSPS) is 22.0. The van der Waals surface area contributed by atoms with E-state index in [1.165, 1.54) is 6.20 Å². The van der Waals surface area contributed by atoms with Crippen LogP contribution in [0.25, 0.3) is 11.0 Å². The summed E-state index contributed by atoms with van der Waals surface area (Å²) in [6.07, 6.45) is 3.74. The van der Waals surface area contributed by atoms with Crippen LogP contribution in [0, 0.1) is 11.2 Å². The Hall–Kier alpha value is -3.01. The van der Waals surface area contributed by atoms with E-state index in [0.717, 1.165) is 25.3 Å². The Morgan fingerprint density at radius 1 is 1.45 bits per heavy atom. The van der Waals surface area contributed by atoms with Crippen LogP contribution in [0.2, 0.25) is 0 Å². The predicted octanol–water partition coefficient (Wildman–Crippen LogP) is 1.25. The third kappa shape index (κ3) is 3.99. The summed E-state index contributed by atoms with van der Waals surface area (Å²) in [6, 6.07) is 0.554. The second kappa shape index (κ2) is 7.60. The second-order valence-electron chi connectivity index (χ2n) is 8.97. The van der Waals surface area contributed by atoms with Crippen LogP contribution >= 0.6 is 0 Å². The fourth-order valence-corrected chi connectivity index (χ4v) is 4.05. The molecule has 2 aliphatic rings. The van der Waals surface area contributed by atoms with Gasteiger partial charge < -0.3 is 25.6 Å². The molecule has 10 heteroatoms. The predicted molar refractivity (Wildman–Crippen MR) is 113 cm³/mol. The molecule has 166 valence electrons. The van der Waals surface area contributed by atoms with Crippen LogP contribution in [-0.4, -0.2) is 52.2 Å². The molecule has 1 saturated heterocycles. The molecular weight excluding hydrogens is 405 g/mol. The van der Waals surface area contributed by atoms with Crippen LogP contribution in [0.15, 0.2) is 17.1 Å². The van der Waals surface area contributed by atoms with E-state index in [2.05, 4.69) is 10.3 Å². The molecule has 4 N–H and O–H groups in total. The maximum atomic E-state index is 15.0. The lowest BCUT2D eigenvalue weighted by Gasteiger charge is -2.26. The van der Waals surface area contributed by atoms with Crippen molar-refractivity contribution in [3.05, 3.63) is 33.9 Å². The van der Waals surface area contributed by atoms with E-state index in [0.29, 0.717) is 25.3 Å².